The van der Waals surface area contributed by atoms with Gasteiger partial charge in [-0.25, -0.2) is 0 Å². The van der Waals surface area contributed by atoms with Crippen molar-refractivity contribution in [3.8, 4) is 0 Å². The van der Waals surface area contributed by atoms with Crippen LogP contribution in [0, 0.1) is 6.92 Å². The van der Waals surface area contributed by atoms with Crippen LogP contribution in [0.15, 0.2) is 48.6 Å². The van der Waals surface area contributed by atoms with Gasteiger partial charge in [0.2, 0.25) is 0 Å². The maximum atomic E-state index is 3.83. The summed E-state index contributed by atoms with van der Waals surface area (Å²) in [5.74, 6) is 0. The molecule has 0 aromatic heterocycles. The van der Waals surface area contributed by atoms with Crippen LogP contribution in [0.3, 0.4) is 0 Å². The molecule has 20 heavy (non-hydrogen) atoms. The van der Waals surface area contributed by atoms with Crippen LogP contribution in [0.1, 0.15) is 71.1 Å². The van der Waals surface area contributed by atoms with Crippen molar-refractivity contribution in [3.05, 3.63) is 55.5 Å². The van der Waals surface area contributed by atoms with E-state index < -0.39 is 0 Å². The molecule has 0 aromatic rings. The summed E-state index contributed by atoms with van der Waals surface area (Å²) in [6.07, 6.45) is 29.9. The van der Waals surface area contributed by atoms with Crippen LogP contribution in [0.5, 0.6) is 0 Å². The predicted octanol–water partition coefficient (Wildman–Crippen LogP) is 6.97. The zero-order chi connectivity index (χ0) is 14.7. The molecular weight excluding hydrogens is 240 g/mol. The van der Waals surface area contributed by atoms with Crippen LogP contribution in [-0.4, -0.2) is 0 Å². The Morgan fingerprint density at radius 3 is 1.50 bits per heavy atom. The van der Waals surface area contributed by atoms with E-state index in [1.54, 1.807) is 0 Å². The average molecular weight is 273 g/mol. The second-order valence-corrected chi connectivity index (χ2v) is 5.08. The minimum absolute atomic E-state index is 1.04. The van der Waals surface area contributed by atoms with Crippen molar-refractivity contribution >= 4 is 0 Å². The molecule has 0 amide bonds. The Bertz CT molecular complexity index is 278. The smallest absolute Gasteiger partial charge is 0.0169 e. The van der Waals surface area contributed by atoms with Gasteiger partial charge < -0.3 is 0 Å². The third-order valence-electron chi connectivity index (χ3n) is 3.08. The first-order valence-electron chi connectivity index (χ1n) is 8.31. The summed E-state index contributed by atoms with van der Waals surface area (Å²) >= 11 is 0. The van der Waals surface area contributed by atoms with E-state index in [-0.39, 0.29) is 0 Å². The molecule has 0 spiro atoms. The van der Waals surface area contributed by atoms with Gasteiger partial charge in [-0.15, -0.1) is 0 Å². The van der Waals surface area contributed by atoms with Crippen molar-refractivity contribution in [1.29, 1.82) is 0 Å². The topological polar surface area (TPSA) is 0 Å². The fraction of sp³-hybridized carbons (Fsp3) is 0.550. The number of rotatable bonds is 13. The van der Waals surface area contributed by atoms with Gasteiger partial charge in [-0.1, -0.05) is 81.7 Å². The molecule has 0 N–H and O–H groups in total. The van der Waals surface area contributed by atoms with Crippen molar-refractivity contribution in [3.63, 3.8) is 0 Å². The van der Waals surface area contributed by atoms with Crippen molar-refractivity contribution in [1.82, 2.24) is 0 Å². The molecule has 0 aromatic carbocycles. The van der Waals surface area contributed by atoms with Crippen LogP contribution >= 0.6 is 0 Å². The molecule has 113 valence electrons. The number of unbranched alkanes of at least 4 members (excludes halogenated alkanes) is 5. The Labute approximate surface area is 127 Å². The highest BCUT2D eigenvalue weighted by molar-refractivity contribution is 4.99. The van der Waals surface area contributed by atoms with Gasteiger partial charge in [0.1, 0.15) is 0 Å². The standard InChI is InChI=1S/C20H33/c1-3-5-7-9-11-13-15-17-19-20-18-16-14-12-10-8-6-4-2/h9,11-12,14-15,17-18,20H,1,3-8,10,13,16,19H2,2H3/b11-9+,14-12+,17-15+,20-18+. The Morgan fingerprint density at radius 2 is 1.05 bits per heavy atom. The maximum Gasteiger partial charge on any atom is -0.0169 e. The summed E-state index contributed by atoms with van der Waals surface area (Å²) in [7, 11) is 0. The van der Waals surface area contributed by atoms with Gasteiger partial charge in [-0.05, 0) is 44.9 Å². The minimum Gasteiger partial charge on any atom is -0.0882 e. The molecule has 1 radical (unpaired) electrons. The molecule has 0 aliphatic heterocycles. The van der Waals surface area contributed by atoms with Crippen LogP contribution in [-0.2, 0) is 0 Å². The molecule has 0 aliphatic carbocycles. The van der Waals surface area contributed by atoms with Gasteiger partial charge in [-0.3, -0.25) is 0 Å². The highest BCUT2D eigenvalue weighted by Gasteiger charge is 1.80. The lowest BCUT2D eigenvalue weighted by Gasteiger charge is -1.90. The third kappa shape index (κ3) is 17.0. The van der Waals surface area contributed by atoms with Gasteiger partial charge >= 0.3 is 0 Å². The van der Waals surface area contributed by atoms with Crippen molar-refractivity contribution in [2.24, 2.45) is 0 Å². The van der Waals surface area contributed by atoms with Gasteiger partial charge in [0.15, 0.2) is 0 Å². The molecule has 0 aliphatic rings. The Kier molecular flexibility index (Phi) is 17.0. The van der Waals surface area contributed by atoms with E-state index in [2.05, 4.69) is 62.5 Å². The van der Waals surface area contributed by atoms with E-state index in [1.165, 1.54) is 38.5 Å². The third-order valence-corrected chi connectivity index (χ3v) is 3.08. The largest absolute Gasteiger partial charge is 0.0882 e. The molecule has 0 unspecified atom stereocenters. The summed E-state index contributed by atoms with van der Waals surface area (Å²) in [5, 5.41) is 0. The van der Waals surface area contributed by atoms with Gasteiger partial charge in [0.05, 0.1) is 0 Å². The zero-order valence-corrected chi connectivity index (χ0v) is 13.4. The van der Waals surface area contributed by atoms with Crippen LogP contribution in [0.25, 0.3) is 0 Å². The molecular formula is C20H33. The Hall–Kier alpha value is -1.04. The lowest BCUT2D eigenvalue weighted by Crippen LogP contribution is -1.70. The quantitative estimate of drug-likeness (QED) is 0.251. The second kappa shape index (κ2) is 18.0. The fourth-order valence-electron chi connectivity index (χ4n) is 1.82. The van der Waals surface area contributed by atoms with E-state index >= 15 is 0 Å². The maximum absolute atomic E-state index is 3.83. The predicted molar refractivity (Wildman–Crippen MR) is 93.8 cm³/mol. The van der Waals surface area contributed by atoms with E-state index in [4.69, 9.17) is 0 Å². The molecule has 0 atom stereocenters. The molecule has 0 fully saturated rings. The summed E-state index contributed by atoms with van der Waals surface area (Å²) in [6, 6.07) is 0. The van der Waals surface area contributed by atoms with E-state index in [0.29, 0.717) is 0 Å². The summed E-state index contributed by atoms with van der Waals surface area (Å²) in [6.45, 7) is 6.08. The van der Waals surface area contributed by atoms with Gasteiger partial charge in [-0.2, -0.15) is 0 Å². The van der Waals surface area contributed by atoms with Crippen molar-refractivity contribution in [2.45, 2.75) is 71.1 Å². The molecule has 0 nitrogen and oxygen atoms in total. The second-order valence-electron chi connectivity index (χ2n) is 5.08. The first-order chi connectivity index (χ1) is 9.91. The molecule has 0 rings (SSSR count). The summed E-state index contributed by atoms with van der Waals surface area (Å²) < 4.78 is 0. The average Bonchev–Trinajstić information content (AvgIpc) is 2.47. The zero-order valence-electron chi connectivity index (χ0n) is 13.4. The van der Waals surface area contributed by atoms with Crippen molar-refractivity contribution < 1.29 is 0 Å². The lowest BCUT2D eigenvalue weighted by atomic mass is 10.2. The van der Waals surface area contributed by atoms with E-state index in [0.717, 1.165) is 25.7 Å². The van der Waals surface area contributed by atoms with Crippen LogP contribution < -0.4 is 0 Å². The first-order valence-corrected chi connectivity index (χ1v) is 8.31. The first kappa shape index (κ1) is 19.0. The highest BCUT2D eigenvalue weighted by atomic mass is 13.9. The molecule has 0 heterocycles. The lowest BCUT2D eigenvalue weighted by molar-refractivity contribution is 0.728. The van der Waals surface area contributed by atoms with Gasteiger partial charge in [0, 0.05) is 0 Å². The van der Waals surface area contributed by atoms with Crippen molar-refractivity contribution in [2.75, 3.05) is 0 Å². The number of allylic oxidation sites excluding steroid dienone is 8. The Balaban J connectivity index is 3.36. The normalized spacial score (nSPS) is 12.7. The minimum atomic E-state index is 1.04. The summed E-state index contributed by atoms with van der Waals surface area (Å²) in [4.78, 5) is 0. The summed E-state index contributed by atoms with van der Waals surface area (Å²) in [5.41, 5.74) is 0. The van der Waals surface area contributed by atoms with E-state index in [1.807, 2.05) is 0 Å². The highest BCUT2D eigenvalue weighted by Crippen LogP contribution is 2.01. The molecule has 0 saturated carbocycles. The monoisotopic (exact) mass is 273 g/mol. The van der Waals surface area contributed by atoms with Crippen LogP contribution in [0.2, 0.25) is 0 Å². The van der Waals surface area contributed by atoms with Crippen LogP contribution in [0.4, 0.5) is 0 Å². The Morgan fingerprint density at radius 1 is 0.600 bits per heavy atom. The number of hydrogen-bond donors (Lipinski definition) is 0. The fourth-order valence-corrected chi connectivity index (χ4v) is 1.82. The molecule has 0 bridgehead atoms. The number of hydrogen-bond acceptors (Lipinski definition) is 0. The SMILES string of the molecule is [CH2]CCC/C=C/C/C=C/C/C=C/C/C=C/CCCCC. The van der Waals surface area contributed by atoms with E-state index in [9.17, 15) is 0 Å². The molecule has 0 heteroatoms. The van der Waals surface area contributed by atoms with Gasteiger partial charge in [0.25, 0.3) is 0 Å². The molecule has 0 saturated heterocycles.